The first-order valence-corrected chi connectivity index (χ1v) is 7.25. The molecule has 5 heteroatoms. The second-order valence-corrected chi connectivity index (χ2v) is 5.57. The molecule has 1 N–H and O–H groups in total. The molecule has 0 aliphatic carbocycles. The molecule has 0 aliphatic heterocycles. The number of pyridine rings is 2. The van der Waals surface area contributed by atoms with E-state index in [1.165, 1.54) is 0 Å². The summed E-state index contributed by atoms with van der Waals surface area (Å²) in [6, 6.07) is 6.04. The van der Waals surface area contributed by atoms with E-state index >= 15 is 0 Å². The van der Waals surface area contributed by atoms with Crippen LogP contribution in [0.3, 0.4) is 0 Å². The highest BCUT2D eigenvalue weighted by molar-refractivity contribution is 9.11. The summed E-state index contributed by atoms with van der Waals surface area (Å²) in [6.45, 7) is 2.94. The lowest BCUT2D eigenvalue weighted by Gasteiger charge is -2.18. The van der Waals surface area contributed by atoms with E-state index in [4.69, 9.17) is 0 Å². The predicted molar refractivity (Wildman–Crippen MR) is 79.4 cm³/mol. The predicted octanol–water partition coefficient (Wildman–Crippen LogP) is 3.70. The van der Waals surface area contributed by atoms with E-state index < -0.39 is 0 Å². The number of halogens is 2. The molecule has 2 aromatic heterocycles. The first kappa shape index (κ1) is 13.6. The molecule has 2 heterocycles. The Hall–Kier alpha value is -0.780. The van der Waals surface area contributed by atoms with Crippen LogP contribution in [0.25, 0.3) is 0 Å². The Balaban J connectivity index is 2.41. The molecule has 0 fully saturated rings. The molecule has 1 unspecified atom stereocenters. The fraction of sp³-hybridized carbons (Fsp3) is 0.231. The highest BCUT2D eigenvalue weighted by Gasteiger charge is 2.17. The molecule has 0 radical (unpaired) electrons. The minimum atomic E-state index is 0.0474. The molecule has 0 aromatic carbocycles. The van der Waals surface area contributed by atoms with Crippen LogP contribution in [0, 0.1) is 0 Å². The Morgan fingerprint density at radius 3 is 2.78 bits per heavy atom. The summed E-state index contributed by atoms with van der Waals surface area (Å²) in [5.74, 6) is 0. The SMILES string of the molecule is CCNC(c1cccnc1)c1ncc(Br)cc1Br. The third kappa shape index (κ3) is 3.16. The molecule has 94 valence electrons. The van der Waals surface area contributed by atoms with Gasteiger partial charge in [0.25, 0.3) is 0 Å². The van der Waals surface area contributed by atoms with E-state index in [9.17, 15) is 0 Å². The maximum atomic E-state index is 4.49. The zero-order chi connectivity index (χ0) is 13.0. The van der Waals surface area contributed by atoms with Crippen LogP contribution in [0.4, 0.5) is 0 Å². The van der Waals surface area contributed by atoms with Gasteiger partial charge in [-0.05, 0) is 56.1 Å². The number of aromatic nitrogens is 2. The van der Waals surface area contributed by atoms with E-state index in [2.05, 4.69) is 60.1 Å². The standard InChI is InChI=1S/C13H13Br2N3/c1-2-17-12(9-4-3-5-16-7-9)13-11(15)6-10(14)8-18-13/h3-8,12,17H,2H2,1H3. The Bertz CT molecular complexity index is 517. The molecule has 2 rings (SSSR count). The van der Waals surface area contributed by atoms with Gasteiger partial charge >= 0.3 is 0 Å². The van der Waals surface area contributed by atoms with Gasteiger partial charge in [0.05, 0.1) is 11.7 Å². The molecule has 0 bridgehead atoms. The maximum absolute atomic E-state index is 4.49. The summed E-state index contributed by atoms with van der Waals surface area (Å²) in [6.07, 6.45) is 5.45. The first-order valence-electron chi connectivity index (χ1n) is 5.66. The number of rotatable bonds is 4. The van der Waals surface area contributed by atoms with Crippen molar-refractivity contribution < 1.29 is 0 Å². The Kier molecular flexibility index (Phi) is 4.86. The number of nitrogens with one attached hydrogen (secondary N) is 1. The van der Waals surface area contributed by atoms with E-state index in [0.29, 0.717) is 0 Å². The van der Waals surface area contributed by atoms with Gasteiger partial charge in [-0.15, -0.1) is 0 Å². The maximum Gasteiger partial charge on any atom is 0.0777 e. The van der Waals surface area contributed by atoms with Crippen molar-refractivity contribution in [3.05, 3.63) is 57.0 Å². The summed E-state index contributed by atoms with van der Waals surface area (Å²) in [7, 11) is 0. The van der Waals surface area contributed by atoms with Crippen LogP contribution in [0.5, 0.6) is 0 Å². The van der Waals surface area contributed by atoms with E-state index in [-0.39, 0.29) is 6.04 Å². The molecule has 18 heavy (non-hydrogen) atoms. The van der Waals surface area contributed by atoms with Gasteiger partial charge in [-0.3, -0.25) is 9.97 Å². The van der Waals surface area contributed by atoms with Gasteiger partial charge in [0, 0.05) is 27.5 Å². The average molecular weight is 371 g/mol. The fourth-order valence-electron chi connectivity index (χ4n) is 1.76. The van der Waals surface area contributed by atoms with Gasteiger partial charge in [0.2, 0.25) is 0 Å². The summed E-state index contributed by atoms with van der Waals surface area (Å²) in [5, 5.41) is 3.43. The quantitative estimate of drug-likeness (QED) is 0.891. The summed E-state index contributed by atoms with van der Waals surface area (Å²) >= 11 is 6.98. The second kappa shape index (κ2) is 6.41. The second-order valence-electron chi connectivity index (χ2n) is 3.80. The summed E-state index contributed by atoms with van der Waals surface area (Å²) < 4.78 is 1.94. The van der Waals surface area contributed by atoms with Gasteiger partial charge in [-0.2, -0.15) is 0 Å². The third-order valence-electron chi connectivity index (χ3n) is 2.54. The van der Waals surface area contributed by atoms with E-state index in [1.54, 1.807) is 12.4 Å². The van der Waals surface area contributed by atoms with Crippen LogP contribution in [-0.4, -0.2) is 16.5 Å². The Labute approximate surface area is 123 Å². The van der Waals surface area contributed by atoms with Crippen LogP contribution in [-0.2, 0) is 0 Å². The lowest BCUT2D eigenvalue weighted by atomic mass is 10.1. The van der Waals surface area contributed by atoms with Crippen molar-refractivity contribution in [3.8, 4) is 0 Å². The molecule has 2 aromatic rings. The largest absolute Gasteiger partial charge is 0.305 e. The molecular formula is C13H13Br2N3. The van der Waals surface area contributed by atoms with Crippen molar-refractivity contribution in [1.29, 1.82) is 0 Å². The molecule has 0 saturated carbocycles. The third-order valence-corrected chi connectivity index (χ3v) is 3.60. The van der Waals surface area contributed by atoms with Crippen molar-refractivity contribution >= 4 is 31.9 Å². The van der Waals surface area contributed by atoms with Crippen LogP contribution in [0.1, 0.15) is 24.2 Å². The average Bonchev–Trinajstić information content (AvgIpc) is 2.38. The zero-order valence-corrected chi connectivity index (χ0v) is 13.1. The number of nitrogens with zero attached hydrogens (tertiary/aromatic N) is 2. The van der Waals surface area contributed by atoms with Crippen molar-refractivity contribution in [1.82, 2.24) is 15.3 Å². The van der Waals surface area contributed by atoms with Crippen LogP contribution in [0.15, 0.2) is 45.7 Å². The van der Waals surface area contributed by atoms with Crippen molar-refractivity contribution in [3.63, 3.8) is 0 Å². The first-order chi connectivity index (χ1) is 8.72. The zero-order valence-electron chi connectivity index (χ0n) is 9.90. The number of hydrogen-bond acceptors (Lipinski definition) is 3. The van der Waals surface area contributed by atoms with Gasteiger partial charge in [0.15, 0.2) is 0 Å². The molecule has 0 saturated heterocycles. The molecular weight excluding hydrogens is 358 g/mol. The summed E-state index contributed by atoms with van der Waals surface area (Å²) in [4.78, 5) is 8.66. The Morgan fingerprint density at radius 2 is 2.17 bits per heavy atom. The van der Waals surface area contributed by atoms with Crippen molar-refractivity contribution in [2.45, 2.75) is 13.0 Å². The number of hydrogen-bond donors (Lipinski definition) is 1. The normalized spacial score (nSPS) is 12.4. The van der Waals surface area contributed by atoms with Crippen molar-refractivity contribution in [2.75, 3.05) is 6.54 Å². The van der Waals surface area contributed by atoms with Gasteiger partial charge in [-0.25, -0.2) is 0 Å². The minimum absolute atomic E-state index is 0.0474. The molecule has 1 atom stereocenters. The van der Waals surface area contributed by atoms with Gasteiger partial charge in [0.1, 0.15) is 0 Å². The van der Waals surface area contributed by atoms with Gasteiger partial charge < -0.3 is 5.32 Å². The van der Waals surface area contributed by atoms with Gasteiger partial charge in [-0.1, -0.05) is 13.0 Å². The summed E-state index contributed by atoms with van der Waals surface area (Å²) in [5.41, 5.74) is 2.07. The van der Waals surface area contributed by atoms with E-state index in [1.807, 2.05) is 18.3 Å². The molecule has 3 nitrogen and oxygen atoms in total. The molecule has 0 aliphatic rings. The molecule has 0 amide bonds. The van der Waals surface area contributed by atoms with Crippen molar-refractivity contribution in [2.24, 2.45) is 0 Å². The highest BCUT2D eigenvalue weighted by atomic mass is 79.9. The Morgan fingerprint density at radius 1 is 1.33 bits per heavy atom. The minimum Gasteiger partial charge on any atom is -0.305 e. The smallest absolute Gasteiger partial charge is 0.0777 e. The lowest BCUT2D eigenvalue weighted by molar-refractivity contribution is 0.611. The monoisotopic (exact) mass is 369 g/mol. The van der Waals surface area contributed by atoms with Crippen LogP contribution < -0.4 is 5.32 Å². The fourth-order valence-corrected chi connectivity index (χ4v) is 2.98. The van der Waals surface area contributed by atoms with Crippen LogP contribution >= 0.6 is 31.9 Å². The van der Waals surface area contributed by atoms with E-state index in [0.717, 1.165) is 26.7 Å². The molecule has 0 spiro atoms. The van der Waals surface area contributed by atoms with Crippen LogP contribution in [0.2, 0.25) is 0 Å². The lowest BCUT2D eigenvalue weighted by Crippen LogP contribution is -2.23. The highest BCUT2D eigenvalue weighted by Crippen LogP contribution is 2.28. The topological polar surface area (TPSA) is 37.8 Å².